The van der Waals surface area contributed by atoms with Gasteiger partial charge in [0.05, 0.1) is 0 Å². The van der Waals surface area contributed by atoms with Crippen LogP contribution < -0.4 is 0 Å². The lowest BCUT2D eigenvalue weighted by atomic mass is 9.66. The van der Waals surface area contributed by atoms with E-state index in [0.29, 0.717) is 5.41 Å². The second kappa shape index (κ2) is 4.70. The number of hydrogen-bond acceptors (Lipinski definition) is 1. The average Bonchev–Trinajstić information content (AvgIpc) is 2.73. The van der Waals surface area contributed by atoms with Crippen molar-refractivity contribution in [3.05, 3.63) is 35.4 Å². The van der Waals surface area contributed by atoms with Gasteiger partial charge in [0.2, 0.25) is 0 Å². The summed E-state index contributed by atoms with van der Waals surface area (Å²) in [5.41, 5.74) is 3.78. The van der Waals surface area contributed by atoms with Gasteiger partial charge in [-0.3, -0.25) is 0 Å². The molecular weight excluding hydrogens is 218 g/mol. The quantitative estimate of drug-likeness (QED) is 0.783. The van der Waals surface area contributed by atoms with Crippen molar-refractivity contribution in [3.63, 3.8) is 0 Å². The maximum atomic E-state index is 2.51. The van der Waals surface area contributed by atoms with Crippen LogP contribution in [0.3, 0.4) is 0 Å². The maximum absolute atomic E-state index is 2.51. The monoisotopic (exact) mass is 243 g/mol. The molecule has 0 amide bonds. The molecule has 0 heterocycles. The standard InChI is InChI=1S/C17H25N/c1-3-18(2)13-17-11-7-6-9-15(17)12-14-8-4-5-10-16(14)17/h4-5,8,10,15H,3,6-7,9,11-13H2,1-2H3. The van der Waals surface area contributed by atoms with Gasteiger partial charge in [0.15, 0.2) is 0 Å². The molecular formula is C17H25N. The fourth-order valence-corrected chi connectivity index (χ4v) is 4.30. The number of hydrogen-bond donors (Lipinski definition) is 0. The summed E-state index contributed by atoms with van der Waals surface area (Å²) in [7, 11) is 2.28. The summed E-state index contributed by atoms with van der Waals surface area (Å²) in [6.45, 7) is 4.69. The molecule has 98 valence electrons. The van der Waals surface area contributed by atoms with Crippen LogP contribution in [0.4, 0.5) is 0 Å². The molecule has 0 saturated heterocycles. The third kappa shape index (κ3) is 1.80. The van der Waals surface area contributed by atoms with Crippen molar-refractivity contribution >= 4 is 0 Å². The van der Waals surface area contributed by atoms with Crippen molar-refractivity contribution in [3.8, 4) is 0 Å². The predicted molar refractivity (Wildman–Crippen MR) is 77.0 cm³/mol. The van der Waals surface area contributed by atoms with Crippen molar-refractivity contribution in [2.45, 2.75) is 44.4 Å². The first-order valence-electron chi connectivity index (χ1n) is 7.53. The smallest absolute Gasteiger partial charge is 0.0114 e. The second-order valence-corrected chi connectivity index (χ2v) is 6.29. The second-order valence-electron chi connectivity index (χ2n) is 6.29. The molecule has 1 heteroatoms. The fourth-order valence-electron chi connectivity index (χ4n) is 4.30. The number of fused-ring (bicyclic) bond motifs is 3. The van der Waals surface area contributed by atoms with Crippen LogP contribution in [0.2, 0.25) is 0 Å². The highest BCUT2D eigenvalue weighted by atomic mass is 15.1. The third-order valence-electron chi connectivity index (χ3n) is 5.32. The highest BCUT2D eigenvalue weighted by Gasteiger charge is 2.47. The van der Waals surface area contributed by atoms with Crippen molar-refractivity contribution in [2.24, 2.45) is 5.92 Å². The molecule has 1 aromatic rings. The number of rotatable bonds is 3. The first kappa shape index (κ1) is 12.2. The van der Waals surface area contributed by atoms with Crippen LogP contribution in [0.15, 0.2) is 24.3 Å². The van der Waals surface area contributed by atoms with Gasteiger partial charge in [-0.1, -0.05) is 44.0 Å². The van der Waals surface area contributed by atoms with Crippen LogP contribution in [0.25, 0.3) is 0 Å². The first-order valence-corrected chi connectivity index (χ1v) is 7.53. The lowest BCUT2D eigenvalue weighted by Gasteiger charge is -2.43. The Kier molecular flexibility index (Phi) is 3.19. The number of nitrogens with zero attached hydrogens (tertiary/aromatic N) is 1. The van der Waals surface area contributed by atoms with E-state index in [2.05, 4.69) is 43.1 Å². The van der Waals surface area contributed by atoms with Crippen LogP contribution in [-0.2, 0) is 11.8 Å². The Bertz CT molecular complexity index is 425. The van der Waals surface area contributed by atoms with E-state index in [4.69, 9.17) is 0 Å². The average molecular weight is 243 g/mol. The van der Waals surface area contributed by atoms with Crippen LogP contribution in [-0.4, -0.2) is 25.0 Å². The normalized spacial score (nSPS) is 30.3. The van der Waals surface area contributed by atoms with Gasteiger partial charge in [-0.15, -0.1) is 0 Å². The predicted octanol–water partition coefficient (Wildman–Crippen LogP) is 3.62. The summed E-state index contributed by atoms with van der Waals surface area (Å²) in [4.78, 5) is 2.51. The van der Waals surface area contributed by atoms with E-state index in [1.54, 1.807) is 11.1 Å². The molecule has 0 spiro atoms. The molecule has 2 aliphatic rings. The Balaban J connectivity index is 2.00. The van der Waals surface area contributed by atoms with Crippen LogP contribution in [0, 0.1) is 5.92 Å². The Morgan fingerprint density at radius 3 is 2.94 bits per heavy atom. The van der Waals surface area contributed by atoms with E-state index in [-0.39, 0.29) is 0 Å². The van der Waals surface area contributed by atoms with Crippen molar-refractivity contribution in [1.29, 1.82) is 0 Å². The van der Waals surface area contributed by atoms with Gasteiger partial charge in [-0.05, 0) is 49.9 Å². The summed E-state index contributed by atoms with van der Waals surface area (Å²) in [5, 5.41) is 0. The van der Waals surface area contributed by atoms with E-state index in [1.165, 1.54) is 38.6 Å². The van der Waals surface area contributed by atoms with E-state index in [9.17, 15) is 0 Å². The largest absolute Gasteiger partial charge is 0.306 e. The molecule has 2 atom stereocenters. The molecule has 0 aromatic heterocycles. The van der Waals surface area contributed by atoms with Crippen LogP contribution in [0.1, 0.15) is 43.7 Å². The molecule has 2 aliphatic carbocycles. The Morgan fingerprint density at radius 2 is 2.11 bits per heavy atom. The molecule has 0 radical (unpaired) electrons. The summed E-state index contributed by atoms with van der Waals surface area (Å²) >= 11 is 0. The highest BCUT2D eigenvalue weighted by molar-refractivity contribution is 5.42. The zero-order valence-corrected chi connectivity index (χ0v) is 11.8. The zero-order chi connectivity index (χ0) is 12.6. The molecule has 1 aromatic carbocycles. The molecule has 1 fully saturated rings. The van der Waals surface area contributed by atoms with Gasteiger partial charge in [-0.25, -0.2) is 0 Å². The van der Waals surface area contributed by atoms with Gasteiger partial charge >= 0.3 is 0 Å². The molecule has 1 saturated carbocycles. The molecule has 0 aliphatic heterocycles. The first-order chi connectivity index (χ1) is 8.76. The van der Waals surface area contributed by atoms with Gasteiger partial charge in [0.1, 0.15) is 0 Å². The van der Waals surface area contributed by atoms with Gasteiger partial charge in [-0.2, -0.15) is 0 Å². The molecule has 18 heavy (non-hydrogen) atoms. The minimum absolute atomic E-state index is 0.472. The molecule has 0 bridgehead atoms. The number of likely N-dealkylation sites (N-methyl/N-ethyl adjacent to an activating group) is 1. The number of benzene rings is 1. The summed E-state index contributed by atoms with van der Waals surface area (Å²) in [6.07, 6.45) is 7.03. The molecule has 0 N–H and O–H groups in total. The molecule has 3 rings (SSSR count). The maximum Gasteiger partial charge on any atom is 0.0114 e. The van der Waals surface area contributed by atoms with Crippen molar-refractivity contribution in [2.75, 3.05) is 20.1 Å². The van der Waals surface area contributed by atoms with E-state index >= 15 is 0 Å². The van der Waals surface area contributed by atoms with E-state index in [0.717, 1.165) is 12.5 Å². The van der Waals surface area contributed by atoms with Crippen LogP contribution >= 0.6 is 0 Å². The van der Waals surface area contributed by atoms with Crippen LogP contribution in [0.5, 0.6) is 0 Å². The topological polar surface area (TPSA) is 3.24 Å². The zero-order valence-electron chi connectivity index (χ0n) is 11.8. The lowest BCUT2D eigenvalue weighted by Crippen LogP contribution is -2.44. The summed E-state index contributed by atoms with van der Waals surface area (Å²) in [5.74, 6) is 0.901. The van der Waals surface area contributed by atoms with E-state index in [1.807, 2.05) is 0 Å². The third-order valence-corrected chi connectivity index (χ3v) is 5.32. The lowest BCUT2D eigenvalue weighted by molar-refractivity contribution is 0.145. The van der Waals surface area contributed by atoms with Gasteiger partial charge in [0.25, 0.3) is 0 Å². The molecule has 2 unspecified atom stereocenters. The Hall–Kier alpha value is -0.820. The van der Waals surface area contributed by atoms with Gasteiger partial charge in [0, 0.05) is 12.0 Å². The Labute approximate surface area is 111 Å². The van der Waals surface area contributed by atoms with Gasteiger partial charge < -0.3 is 4.90 Å². The summed E-state index contributed by atoms with van der Waals surface area (Å²) < 4.78 is 0. The fraction of sp³-hybridized carbons (Fsp3) is 0.647. The molecule has 1 nitrogen and oxygen atoms in total. The highest BCUT2D eigenvalue weighted by Crippen LogP contribution is 2.51. The Morgan fingerprint density at radius 1 is 1.28 bits per heavy atom. The minimum atomic E-state index is 0.472. The SMILES string of the molecule is CCN(C)CC12CCCCC1Cc1ccccc12. The van der Waals surface area contributed by atoms with Crippen molar-refractivity contribution < 1.29 is 0 Å². The summed E-state index contributed by atoms with van der Waals surface area (Å²) in [6, 6.07) is 9.22. The van der Waals surface area contributed by atoms with Crippen molar-refractivity contribution in [1.82, 2.24) is 4.90 Å². The van der Waals surface area contributed by atoms with E-state index < -0.39 is 0 Å². The minimum Gasteiger partial charge on any atom is -0.306 e.